The van der Waals surface area contributed by atoms with Crippen LogP contribution in [-0.4, -0.2) is 23.4 Å². The third-order valence-electron chi connectivity index (χ3n) is 2.07. The number of benzene rings is 1. The number of para-hydroxylation sites is 1. The van der Waals surface area contributed by atoms with Crippen LogP contribution in [0.4, 0.5) is 5.69 Å². The van der Waals surface area contributed by atoms with Crippen LogP contribution in [0.3, 0.4) is 0 Å². The van der Waals surface area contributed by atoms with Crippen LogP contribution >= 0.6 is 23.4 Å². The Balaban J connectivity index is 2.47. The van der Waals surface area contributed by atoms with Gasteiger partial charge in [0.05, 0.1) is 5.69 Å². The molecule has 3 N–H and O–H groups in total. The van der Waals surface area contributed by atoms with E-state index in [1.807, 2.05) is 0 Å². The first-order chi connectivity index (χ1) is 8.86. The molecular weight excluding hydrogens is 315 g/mol. The fourth-order valence-electron chi connectivity index (χ4n) is 1.36. The molecule has 10 heteroatoms. The molecule has 1 aliphatic rings. The van der Waals surface area contributed by atoms with E-state index in [0.29, 0.717) is 0 Å². The van der Waals surface area contributed by atoms with Crippen LogP contribution in [0.1, 0.15) is 0 Å². The van der Waals surface area contributed by atoms with Gasteiger partial charge in [0, 0.05) is 17.9 Å². The summed E-state index contributed by atoms with van der Waals surface area (Å²) in [7, 11) is -4.36. The number of nitrogens with zero attached hydrogens (tertiary/aromatic N) is 2. The summed E-state index contributed by atoms with van der Waals surface area (Å²) in [5.41, 5.74) is 5.14. The summed E-state index contributed by atoms with van der Waals surface area (Å²) in [6.45, 7) is 0. The van der Waals surface area contributed by atoms with Crippen molar-refractivity contribution in [2.24, 2.45) is 4.99 Å². The quantitative estimate of drug-likeness (QED) is 0.434. The number of halogens is 2. The van der Waals surface area contributed by atoms with E-state index in [-0.39, 0.29) is 21.6 Å². The molecule has 0 spiro atoms. The molecule has 1 heterocycles. The van der Waals surface area contributed by atoms with Gasteiger partial charge in [0.1, 0.15) is 15.9 Å². The Morgan fingerprint density at radius 3 is 2.58 bits per heavy atom. The first-order valence-corrected chi connectivity index (χ1v) is 7.03. The van der Waals surface area contributed by atoms with Crippen LogP contribution in [0, 0.1) is 0 Å². The van der Waals surface area contributed by atoms with E-state index < -0.39 is 10.1 Å². The van der Waals surface area contributed by atoms with Crippen LogP contribution in [-0.2, 0) is 10.1 Å². The molecule has 0 amide bonds. The van der Waals surface area contributed by atoms with Crippen molar-refractivity contribution in [1.29, 1.82) is 0 Å². The topological polar surface area (TPSA) is 94.0 Å². The maximum atomic E-state index is 11.2. The number of amidine groups is 1. The Labute approximate surface area is 119 Å². The van der Waals surface area contributed by atoms with E-state index in [1.165, 1.54) is 24.3 Å². The summed E-state index contributed by atoms with van der Waals surface area (Å²) in [5.74, 6) is 0.204. The van der Waals surface area contributed by atoms with Crippen molar-refractivity contribution in [3.05, 3.63) is 35.5 Å². The average molecular weight is 323 g/mol. The van der Waals surface area contributed by atoms with Crippen LogP contribution in [0.15, 0.2) is 45.4 Å². The molecule has 0 radical (unpaired) electrons. The van der Waals surface area contributed by atoms with Gasteiger partial charge in [0.25, 0.3) is 10.1 Å². The SMILES string of the molecule is O=S(=O)(O)c1ccccc1N=C1C=C(Cl)NN(Cl)N1. The van der Waals surface area contributed by atoms with E-state index >= 15 is 0 Å². The molecule has 0 saturated heterocycles. The van der Waals surface area contributed by atoms with Crippen LogP contribution in [0.2, 0.25) is 0 Å². The first-order valence-electron chi connectivity index (χ1n) is 4.88. The molecule has 1 aromatic carbocycles. The van der Waals surface area contributed by atoms with Crippen LogP contribution in [0.25, 0.3) is 0 Å². The van der Waals surface area contributed by atoms with Crippen molar-refractivity contribution in [2.45, 2.75) is 4.90 Å². The third kappa shape index (κ3) is 3.58. The second-order valence-corrected chi connectivity index (χ2v) is 5.57. The number of hydrogen-bond donors (Lipinski definition) is 3. The second kappa shape index (κ2) is 5.35. The lowest BCUT2D eigenvalue weighted by Crippen LogP contribution is -2.46. The highest BCUT2D eigenvalue weighted by Gasteiger charge is 2.16. The number of aliphatic imine (C=N–C) groups is 1. The Hall–Kier alpha value is -1.32. The summed E-state index contributed by atoms with van der Waals surface area (Å²) in [6.07, 6.45) is 1.40. The van der Waals surface area contributed by atoms with Crippen molar-refractivity contribution in [3.8, 4) is 0 Å². The molecular formula is C9H8Cl2N4O3S. The normalized spacial score (nSPS) is 18.7. The smallest absolute Gasteiger partial charge is 0.282 e. The number of hydrogen-bond acceptors (Lipinski definition) is 5. The van der Waals surface area contributed by atoms with E-state index in [9.17, 15) is 8.42 Å². The van der Waals surface area contributed by atoms with Gasteiger partial charge in [-0.1, -0.05) is 23.7 Å². The Bertz CT molecular complexity index is 659. The van der Waals surface area contributed by atoms with Gasteiger partial charge in [-0.3, -0.25) is 15.4 Å². The van der Waals surface area contributed by atoms with Crippen molar-refractivity contribution in [2.75, 3.05) is 0 Å². The Morgan fingerprint density at radius 1 is 1.26 bits per heavy atom. The third-order valence-corrected chi connectivity index (χ3v) is 3.33. The fraction of sp³-hybridized carbons (Fsp3) is 0. The lowest BCUT2D eigenvalue weighted by Gasteiger charge is -2.22. The molecule has 2 rings (SSSR count). The lowest BCUT2D eigenvalue weighted by atomic mass is 10.3. The highest BCUT2D eigenvalue weighted by atomic mass is 35.5. The minimum absolute atomic E-state index is 0.0557. The summed E-state index contributed by atoms with van der Waals surface area (Å²) in [6, 6.07) is 5.72. The number of nitrogens with one attached hydrogen (secondary N) is 2. The highest BCUT2D eigenvalue weighted by molar-refractivity contribution is 7.86. The zero-order chi connectivity index (χ0) is 14.0. The molecule has 0 bridgehead atoms. The predicted octanol–water partition coefficient (Wildman–Crippen LogP) is 1.52. The van der Waals surface area contributed by atoms with E-state index in [4.69, 9.17) is 27.9 Å². The van der Waals surface area contributed by atoms with Crippen molar-refractivity contribution in [3.63, 3.8) is 0 Å². The molecule has 1 aromatic rings. The monoisotopic (exact) mass is 322 g/mol. The standard InChI is InChI=1S/C9H8Cl2N4O3S/c10-8-5-9(14-15(11)13-8)12-6-3-1-2-4-7(6)19(16,17)18/h1-5,13H,(H,12,14)(H,16,17,18). The molecule has 7 nitrogen and oxygen atoms in total. The first kappa shape index (κ1) is 14.1. The summed E-state index contributed by atoms with van der Waals surface area (Å²) < 4.78 is 32.4. The minimum atomic E-state index is -4.36. The average Bonchev–Trinajstić information content (AvgIpc) is 2.26. The van der Waals surface area contributed by atoms with E-state index in [1.54, 1.807) is 6.07 Å². The second-order valence-electron chi connectivity index (χ2n) is 3.44. The van der Waals surface area contributed by atoms with Crippen LogP contribution in [0.5, 0.6) is 0 Å². The molecule has 0 fully saturated rings. The van der Waals surface area contributed by atoms with Gasteiger partial charge >= 0.3 is 0 Å². The van der Waals surface area contributed by atoms with Gasteiger partial charge in [-0.05, 0) is 16.8 Å². The fourth-order valence-corrected chi connectivity index (χ4v) is 2.40. The number of rotatable bonds is 2. The molecule has 1 aliphatic heterocycles. The molecule has 0 aromatic heterocycles. The van der Waals surface area contributed by atoms with Crippen molar-refractivity contribution >= 4 is 45.0 Å². The summed E-state index contributed by atoms with van der Waals surface area (Å²) in [5, 5.41) is 0.192. The Morgan fingerprint density at radius 2 is 1.95 bits per heavy atom. The van der Waals surface area contributed by atoms with Gasteiger partial charge in [0.15, 0.2) is 0 Å². The number of hydrazine groups is 2. The summed E-state index contributed by atoms with van der Waals surface area (Å²) >= 11 is 11.4. The molecule has 0 aliphatic carbocycles. The molecule has 102 valence electrons. The molecule has 0 atom stereocenters. The maximum absolute atomic E-state index is 11.2. The van der Waals surface area contributed by atoms with E-state index in [0.717, 1.165) is 4.64 Å². The lowest BCUT2D eigenvalue weighted by molar-refractivity contribution is 0.338. The largest absolute Gasteiger partial charge is 0.296 e. The highest BCUT2D eigenvalue weighted by Crippen LogP contribution is 2.24. The molecule has 19 heavy (non-hydrogen) atoms. The Kier molecular flexibility index (Phi) is 3.97. The van der Waals surface area contributed by atoms with Gasteiger partial charge in [-0.25, -0.2) is 4.99 Å². The van der Waals surface area contributed by atoms with Crippen molar-refractivity contribution in [1.82, 2.24) is 15.5 Å². The van der Waals surface area contributed by atoms with Crippen LogP contribution < -0.4 is 10.9 Å². The molecule has 0 saturated carbocycles. The van der Waals surface area contributed by atoms with Gasteiger partial charge in [-0.2, -0.15) is 8.42 Å². The van der Waals surface area contributed by atoms with Crippen molar-refractivity contribution < 1.29 is 13.0 Å². The van der Waals surface area contributed by atoms with Gasteiger partial charge in [-0.15, -0.1) is 0 Å². The van der Waals surface area contributed by atoms with E-state index in [2.05, 4.69) is 15.8 Å². The minimum Gasteiger partial charge on any atom is -0.282 e. The zero-order valence-corrected chi connectivity index (χ0v) is 11.5. The summed E-state index contributed by atoms with van der Waals surface area (Å²) in [4.78, 5) is 3.71. The predicted molar refractivity (Wildman–Crippen MR) is 71.3 cm³/mol. The molecule has 0 unspecified atom stereocenters. The van der Waals surface area contributed by atoms with Gasteiger partial charge in [0.2, 0.25) is 0 Å². The van der Waals surface area contributed by atoms with Gasteiger partial charge < -0.3 is 0 Å². The zero-order valence-electron chi connectivity index (χ0n) is 9.21. The maximum Gasteiger partial charge on any atom is 0.296 e.